The van der Waals surface area contributed by atoms with E-state index in [2.05, 4.69) is 10.2 Å². The van der Waals surface area contributed by atoms with E-state index < -0.39 is 0 Å². The second-order valence-electron chi connectivity index (χ2n) is 6.12. The van der Waals surface area contributed by atoms with Gasteiger partial charge in [-0.05, 0) is 54.1 Å². The van der Waals surface area contributed by atoms with Crippen molar-refractivity contribution >= 4 is 11.8 Å². The number of furan rings is 1. The third kappa shape index (κ3) is 4.09. The van der Waals surface area contributed by atoms with Gasteiger partial charge in [-0.25, -0.2) is 4.39 Å². The maximum Gasteiger partial charge on any atom is 0.192 e. The number of halogens is 1. The van der Waals surface area contributed by atoms with Crippen molar-refractivity contribution in [1.29, 1.82) is 0 Å². The van der Waals surface area contributed by atoms with Crippen molar-refractivity contribution in [3.63, 3.8) is 0 Å². The predicted molar refractivity (Wildman–Crippen MR) is 106 cm³/mol. The summed E-state index contributed by atoms with van der Waals surface area (Å²) < 4.78 is 26.2. The van der Waals surface area contributed by atoms with Gasteiger partial charge in [0.05, 0.1) is 19.9 Å². The Morgan fingerprint density at radius 3 is 2.64 bits per heavy atom. The van der Waals surface area contributed by atoms with E-state index in [4.69, 9.17) is 9.15 Å². The molecule has 0 bridgehead atoms. The molecule has 2 aromatic carbocycles. The van der Waals surface area contributed by atoms with Crippen molar-refractivity contribution in [2.75, 3.05) is 7.11 Å². The van der Waals surface area contributed by atoms with Crippen LogP contribution in [0.5, 0.6) is 5.75 Å². The summed E-state index contributed by atoms with van der Waals surface area (Å²) in [5, 5.41) is 9.49. The second kappa shape index (κ2) is 8.31. The third-order valence-electron chi connectivity index (χ3n) is 4.22. The summed E-state index contributed by atoms with van der Waals surface area (Å²) in [4.78, 5) is 0. The van der Waals surface area contributed by atoms with Crippen molar-refractivity contribution < 1.29 is 13.5 Å². The van der Waals surface area contributed by atoms with Crippen molar-refractivity contribution in [3.05, 3.63) is 84.1 Å². The minimum Gasteiger partial charge on any atom is -0.497 e. The van der Waals surface area contributed by atoms with Gasteiger partial charge in [0.1, 0.15) is 17.3 Å². The van der Waals surface area contributed by atoms with Gasteiger partial charge in [-0.1, -0.05) is 23.9 Å². The maximum absolute atomic E-state index is 13.4. The lowest BCUT2D eigenvalue weighted by molar-refractivity contribution is 0.415. The number of rotatable bonds is 7. The highest BCUT2D eigenvalue weighted by atomic mass is 32.2. The molecule has 0 saturated heterocycles. The molecule has 28 heavy (non-hydrogen) atoms. The molecule has 142 valence electrons. The van der Waals surface area contributed by atoms with Crippen LogP contribution < -0.4 is 4.74 Å². The summed E-state index contributed by atoms with van der Waals surface area (Å²) in [5.41, 5.74) is 1.82. The summed E-state index contributed by atoms with van der Waals surface area (Å²) in [6.45, 7) is 0.507. The number of aromatic nitrogens is 3. The first-order valence-corrected chi connectivity index (χ1v) is 9.69. The van der Waals surface area contributed by atoms with Crippen LogP contribution in [0.15, 0.2) is 76.5 Å². The van der Waals surface area contributed by atoms with Crippen molar-refractivity contribution in [1.82, 2.24) is 14.8 Å². The van der Waals surface area contributed by atoms with Gasteiger partial charge < -0.3 is 9.15 Å². The first-order valence-electron chi connectivity index (χ1n) is 8.70. The number of benzene rings is 2. The molecule has 0 amide bonds. The van der Waals surface area contributed by atoms with Gasteiger partial charge in [0, 0.05) is 11.3 Å². The van der Waals surface area contributed by atoms with Gasteiger partial charge in [0.25, 0.3) is 0 Å². The van der Waals surface area contributed by atoms with E-state index in [1.54, 1.807) is 19.4 Å². The highest BCUT2D eigenvalue weighted by molar-refractivity contribution is 7.98. The van der Waals surface area contributed by atoms with Crippen LogP contribution in [0.4, 0.5) is 4.39 Å². The molecule has 4 aromatic rings. The highest BCUT2D eigenvalue weighted by Crippen LogP contribution is 2.28. The molecule has 0 saturated carbocycles. The fraction of sp³-hybridized carbons (Fsp3) is 0.143. The number of ether oxygens (including phenoxy) is 1. The minimum atomic E-state index is -0.242. The smallest absolute Gasteiger partial charge is 0.192 e. The second-order valence-corrected chi connectivity index (χ2v) is 7.06. The fourth-order valence-electron chi connectivity index (χ4n) is 2.82. The van der Waals surface area contributed by atoms with Gasteiger partial charge in [-0.3, -0.25) is 4.57 Å². The van der Waals surface area contributed by atoms with Gasteiger partial charge in [-0.15, -0.1) is 10.2 Å². The Morgan fingerprint density at radius 2 is 1.93 bits per heavy atom. The van der Waals surface area contributed by atoms with Crippen LogP contribution in [0.1, 0.15) is 11.3 Å². The zero-order chi connectivity index (χ0) is 19.3. The average molecular weight is 395 g/mol. The number of nitrogens with zero attached hydrogens (tertiary/aromatic N) is 3. The lowest BCUT2D eigenvalue weighted by Gasteiger charge is -2.09. The summed E-state index contributed by atoms with van der Waals surface area (Å²) in [7, 11) is 1.63. The highest BCUT2D eigenvalue weighted by Gasteiger charge is 2.16. The minimum absolute atomic E-state index is 0.242. The number of methoxy groups -OCH3 is 1. The quantitative estimate of drug-likeness (QED) is 0.411. The van der Waals surface area contributed by atoms with Crippen molar-refractivity contribution in [2.45, 2.75) is 17.5 Å². The van der Waals surface area contributed by atoms with E-state index in [0.717, 1.165) is 33.6 Å². The van der Waals surface area contributed by atoms with Crippen LogP contribution in [0.3, 0.4) is 0 Å². The molecule has 5 nitrogen and oxygen atoms in total. The van der Waals surface area contributed by atoms with Gasteiger partial charge in [0.15, 0.2) is 11.0 Å². The molecular formula is C21H18FN3O2S. The van der Waals surface area contributed by atoms with Crippen LogP contribution in [0, 0.1) is 5.82 Å². The molecule has 0 radical (unpaired) electrons. The molecule has 0 N–H and O–H groups in total. The number of thioether (sulfide) groups is 1. The fourth-order valence-corrected chi connectivity index (χ4v) is 3.71. The Hall–Kier alpha value is -3.06. The first-order chi connectivity index (χ1) is 13.7. The molecule has 0 aliphatic carbocycles. The van der Waals surface area contributed by atoms with Crippen LogP contribution in [0.2, 0.25) is 0 Å². The Labute approximate surface area is 166 Å². The number of hydrogen-bond donors (Lipinski definition) is 0. The topological polar surface area (TPSA) is 53.1 Å². The first kappa shape index (κ1) is 18.3. The monoisotopic (exact) mass is 395 g/mol. The van der Waals surface area contributed by atoms with Crippen LogP contribution in [0.25, 0.3) is 11.4 Å². The van der Waals surface area contributed by atoms with E-state index in [-0.39, 0.29) is 5.82 Å². The average Bonchev–Trinajstić information content (AvgIpc) is 3.37. The molecule has 0 unspecified atom stereocenters. The lowest BCUT2D eigenvalue weighted by atomic mass is 10.2. The normalized spacial score (nSPS) is 10.9. The van der Waals surface area contributed by atoms with E-state index in [1.165, 1.54) is 23.9 Å². The number of hydrogen-bond acceptors (Lipinski definition) is 5. The van der Waals surface area contributed by atoms with Crippen LogP contribution in [-0.2, 0) is 12.3 Å². The van der Waals surface area contributed by atoms with Crippen molar-refractivity contribution in [3.8, 4) is 17.1 Å². The zero-order valence-electron chi connectivity index (χ0n) is 15.2. The lowest BCUT2D eigenvalue weighted by Crippen LogP contribution is -2.03. The molecule has 7 heteroatoms. The predicted octanol–water partition coefficient (Wildman–Crippen LogP) is 5.03. The molecule has 0 atom stereocenters. The van der Waals surface area contributed by atoms with Crippen molar-refractivity contribution in [2.24, 2.45) is 0 Å². The van der Waals surface area contributed by atoms with Gasteiger partial charge in [-0.2, -0.15) is 0 Å². The standard InChI is InChI=1S/C21H18FN3O2S/c1-26-18-9-7-16(8-10-18)20-23-24-21(25(20)13-19-6-3-11-27-19)28-14-15-4-2-5-17(22)12-15/h2-12H,13-14H2,1H3. The van der Waals surface area contributed by atoms with Gasteiger partial charge in [0.2, 0.25) is 0 Å². The van der Waals surface area contributed by atoms with E-state index in [0.29, 0.717) is 12.3 Å². The maximum atomic E-state index is 13.4. The molecule has 2 aromatic heterocycles. The van der Waals surface area contributed by atoms with Crippen LogP contribution >= 0.6 is 11.8 Å². The zero-order valence-corrected chi connectivity index (χ0v) is 16.0. The molecule has 4 rings (SSSR count). The van der Waals surface area contributed by atoms with Crippen LogP contribution in [-0.4, -0.2) is 21.9 Å². The summed E-state index contributed by atoms with van der Waals surface area (Å²) >= 11 is 1.51. The SMILES string of the molecule is COc1ccc(-c2nnc(SCc3cccc(F)c3)n2Cc2ccco2)cc1. The van der Waals surface area contributed by atoms with E-state index >= 15 is 0 Å². The Morgan fingerprint density at radius 1 is 1.07 bits per heavy atom. The Kier molecular flexibility index (Phi) is 5.43. The molecule has 0 aliphatic heterocycles. The molecule has 2 heterocycles. The largest absolute Gasteiger partial charge is 0.497 e. The summed E-state index contributed by atoms with van der Waals surface area (Å²) in [5.74, 6) is 2.68. The van der Waals surface area contributed by atoms with E-state index in [1.807, 2.05) is 47.0 Å². The van der Waals surface area contributed by atoms with Gasteiger partial charge >= 0.3 is 0 Å². The molecule has 0 aliphatic rings. The molecule has 0 fully saturated rings. The van der Waals surface area contributed by atoms with E-state index in [9.17, 15) is 4.39 Å². The summed E-state index contributed by atoms with van der Waals surface area (Å²) in [6, 6.07) is 18.0. The molecular weight excluding hydrogens is 377 g/mol. The molecule has 0 spiro atoms. The Bertz CT molecular complexity index is 1050. The third-order valence-corrected chi connectivity index (χ3v) is 5.25. The summed E-state index contributed by atoms with van der Waals surface area (Å²) in [6.07, 6.45) is 1.65. The Balaban J connectivity index is 1.64.